The highest BCUT2D eigenvalue weighted by Crippen LogP contribution is 2.38. The molecule has 0 aliphatic heterocycles. The lowest BCUT2D eigenvalue weighted by molar-refractivity contribution is -0.277. The van der Waals surface area contributed by atoms with Gasteiger partial charge in [-0.15, -0.1) is 13.2 Å². The van der Waals surface area contributed by atoms with E-state index < -0.39 is 41.2 Å². The van der Waals surface area contributed by atoms with Crippen LogP contribution in [0.2, 0.25) is 0 Å². The van der Waals surface area contributed by atoms with Gasteiger partial charge in [0.05, 0.1) is 0 Å². The van der Waals surface area contributed by atoms with Crippen molar-refractivity contribution in [1.29, 1.82) is 0 Å². The van der Waals surface area contributed by atoms with E-state index in [1.165, 1.54) is 12.1 Å². The number of hydrogen-bond donors (Lipinski definition) is 1. The Balaban J connectivity index is 1.89. The van der Waals surface area contributed by atoms with Gasteiger partial charge in [0.1, 0.15) is 11.9 Å². The van der Waals surface area contributed by atoms with Crippen LogP contribution in [0.4, 0.5) is 26.3 Å². The summed E-state index contributed by atoms with van der Waals surface area (Å²) in [7, 11) is 0. The van der Waals surface area contributed by atoms with Crippen LogP contribution in [-0.4, -0.2) is 11.6 Å². The summed E-state index contributed by atoms with van der Waals surface area (Å²) in [5, 5.41) is 9.22. The van der Waals surface area contributed by atoms with E-state index in [2.05, 4.69) is 16.5 Å². The predicted molar refractivity (Wildman–Crippen MR) is 95.4 cm³/mol. The van der Waals surface area contributed by atoms with Gasteiger partial charge >= 0.3 is 6.36 Å². The van der Waals surface area contributed by atoms with Crippen LogP contribution in [0.5, 0.6) is 5.75 Å². The fourth-order valence-electron chi connectivity index (χ4n) is 3.84. The summed E-state index contributed by atoms with van der Waals surface area (Å²) in [6.07, 6.45) is -3.06. The number of alkyl halides is 3. The third-order valence-electron chi connectivity index (χ3n) is 5.44. The first-order valence-electron chi connectivity index (χ1n) is 9.43. The van der Waals surface area contributed by atoms with Crippen molar-refractivity contribution >= 4 is 0 Å². The number of rotatable bonds is 5. The molecule has 1 saturated carbocycles. The van der Waals surface area contributed by atoms with E-state index >= 15 is 0 Å². The zero-order valence-corrected chi connectivity index (χ0v) is 16.0. The number of hydrogen-bond acceptors (Lipinski definition) is 3. The molecule has 1 unspecified atom stereocenters. The van der Waals surface area contributed by atoms with Gasteiger partial charge in [0.25, 0.3) is 0 Å². The van der Waals surface area contributed by atoms with Crippen LogP contribution >= 0.6 is 0 Å². The SMILES string of the molecule is CC1CCC(c2ccc(C(OO)c3cc(F)c(OC(F)(F)F)c(F)c3)c(F)c2)CC1. The van der Waals surface area contributed by atoms with Crippen LogP contribution in [0.25, 0.3) is 0 Å². The third kappa shape index (κ3) is 5.07. The Kier molecular flexibility index (Phi) is 6.62. The zero-order valence-electron chi connectivity index (χ0n) is 16.0. The van der Waals surface area contributed by atoms with Crippen molar-refractivity contribution < 1.29 is 41.2 Å². The average molecular weight is 434 g/mol. The summed E-state index contributed by atoms with van der Waals surface area (Å²) in [5.74, 6) is -4.94. The smallest absolute Gasteiger partial charge is 0.399 e. The van der Waals surface area contributed by atoms with Crippen LogP contribution in [0.15, 0.2) is 30.3 Å². The van der Waals surface area contributed by atoms with Crippen LogP contribution < -0.4 is 4.74 Å². The van der Waals surface area contributed by atoms with Crippen molar-refractivity contribution in [2.75, 3.05) is 0 Å². The Morgan fingerprint density at radius 1 is 0.933 bits per heavy atom. The van der Waals surface area contributed by atoms with Gasteiger partial charge in [0.15, 0.2) is 11.6 Å². The average Bonchev–Trinajstić information content (AvgIpc) is 2.66. The number of ether oxygens (including phenoxy) is 1. The van der Waals surface area contributed by atoms with Gasteiger partial charge in [-0.1, -0.05) is 31.9 Å². The molecular weight excluding hydrogens is 414 g/mol. The minimum atomic E-state index is -5.30. The molecule has 0 heterocycles. The molecule has 9 heteroatoms. The van der Waals surface area contributed by atoms with E-state index in [9.17, 15) is 31.6 Å². The van der Waals surface area contributed by atoms with Crippen molar-refractivity contribution in [3.63, 3.8) is 0 Å². The summed E-state index contributed by atoms with van der Waals surface area (Å²) in [4.78, 5) is 4.22. The van der Waals surface area contributed by atoms with Gasteiger partial charge in [-0.3, -0.25) is 5.26 Å². The second kappa shape index (κ2) is 8.85. The molecule has 0 amide bonds. The fourth-order valence-corrected chi connectivity index (χ4v) is 3.84. The minimum absolute atomic E-state index is 0.187. The molecule has 3 rings (SSSR count). The summed E-state index contributed by atoms with van der Waals surface area (Å²) < 4.78 is 82.9. The molecule has 1 fully saturated rings. The highest BCUT2D eigenvalue weighted by atomic mass is 19.4. The molecule has 1 N–H and O–H groups in total. The topological polar surface area (TPSA) is 38.7 Å². The van der Waals surface area contributed by atoms with Crippen molar-refractivity contribution in [3.05, 3.63) is 64.5 Å². The molecule has 30 heavy (non-hydrogen) atoms. The van der Waals surface area contributed by atoms with Crippen LogP contribution in [0, 0.1) is 23.4 Å². The molecule has 0 radical (unpaired) electrons. The van der Waals surface area contributed by atoms with Crippen molar-refractivity contribution in [2.45, 2.75) is 51.0 Å². The predicted octanol–water partition coefficient (Wildman–Crippen LogP) is 6.88. The Hall–Kier alpha value is -2.26. The second-order valence-electron chi connectivity index (χ2n) is 7.58. The van der Waals surface area contributed by atoms with Gasteiger partial charge in [-0.05, 0) is 54.0 Å². The van der Waals surface area contributed by atoms with Gasteiger partial charge < -0.3 is 4.74 Å². The van der Waals surface area contributed by atoms with E-state index in [0.29, 0.717) is 18.1 Å². The van der Waals surface area contributed by atoms with Crippen molar-refractivity contribution in [1.82, 2.24) is 0 Å². The van der Waals surface area contributed by atoms with E-state index in [1.54, 1.807) is 6.07 Å². The van der Waals surface area contributed by atoms with Crippen LogP contribution in [-0.2, 0) is 4.89 Å². The first-order chi connectivity index (χ1) is 14.1. The monoisotopic (exact) mass is 434 g/mol. The Morgan fingerprint density at radius 3 is 2.03 bits per heavy atom. The lowest BCUT2D eigenvalue weighted by Gasteiger charge is -2.27. The molecule has 0 spiro atoms. The molecule has 1 aliphatic carbocycles. The van der Waals surface area contributed by atoms with Gasteiger partial charge in [0, 0.05) is 5.56 Å². The van der Waals surface area contributed by atoms with Crippen molar-refractivity contribution in [3.8, 4) is 5.75 Å². The molecule has 1 atom stereocenters. The quantitative estimate of drug-likeness (QED) is 0.317. The largest absolute Gasteiger partial charge is 0.573 e. The fraction of sp³-hybridized carbons (Fsp3) is 0.429. The normalized spacial score (nSPS) is 20.8. The first-order valence-corrected chi connectivity index (χ1v) is 9.43. The molecule has 2 aromatic carbocycles. The van der Waals surface area contributed by atoms with Gasteiger partial charge in [-0.25, -0.2) is 18.1 Å². The molecule has 0 saturated heterocycles. The summed E-state index contributed by atoms with van der Waals surface area (Å²) in [5.41, 5.74) is 0.139. The summed E-state index contributed by atoms with van der Waals surface area (Å²) >= 11 is 0. The van der Waals surface area contributed by atoms with Crippen LogP contribution in [0.1, 0.15) is 61.3 Å². The van der Waals surface area contributed by atoms with E-state index in [4.69, 9.17) is 0 Å². The number of halogens is 6. The highest BCUT2D eigenvalue weighted by molar-refractivity contribution is 5.38. The highest BCUT2D eigenvalue weighted by Gasteiger charge is 2.35. The maximum Gasteiger partial charge on any atom is 0.573 e. The molecule has 0 aromatic heterocycles. The lowest BCUT2D eigenvalue weighted by atomic mass is 9.79. The Bertz CT molecular complexity index is 868. The minimum Gasteiger partial charge on any atom is -0.399 e. The molecule has 2 aromatic rings. The van der Waals surface area contributed by atoms with E-state index in [0.717, 1.165) is 31.2 Å². The van der Waals surface area contributed by atoms with Gasteiger partial charge in [0.2, 0.25) is 5.75 Å². The molecule has 164 valence electrons. The second-order valence-corrected chi connectivity index (χ2v) is 7.58. The zero-order chi connectivity index (χ0) is 22.1. The Labute approximate surface area is 169 Å². The molecule has 3 nitrogen and oxygen atoms in total. The third-order valence-corrected chi connectivity index (χ3v) is 5.44. The maximum absolute atomic E-state index is 14.8. The Morgan fingerprint density at radius 2 is 1.53 bits per heavy atom. The molecule has 0 bridgehead atoms. The first kappa shape index (κ1) is 22.4. The standard InChI is InChI=1S/C21H20F6O3/c1-11-2-4-12(5-3-11)13-6-7-15(16(22)8-13)19(30-28)14-9-17(23)20(18(24)10-14)29-21(25,26)27/h6-12,19,28H,2-5H2,1H3. The lowest BCUT2D eigenvalue weighted by Crippen LogP contribution is -2.19. The summed E-state index contributed by atoms with van der Waals surface area (Å²) in [6, 6.07) is 5.25. The number of benzene rings is 2. The van der Waals surface area contributed by atoms with Gasteiger partial charge in [-0.2, -0.15) is 0 Å². The molecule has 1 aliphatic rings. The van der Waals surface area contributed by atoms with Crippen LogP contribution in [0.3, 0.4) is 0 Å². The summed E-state index contributed by atoms with van der Waals surface area (Å²) in [6.45, 7) is 2.16. The van der Waals surface area contributed by atoms with Crippen molar-refractivity contribution in [2.24, 2.45) is 5.92 Å². The maximum atomic E-state index is 14.8. The van der Waals surface area contributed by atoms with E-state index in [1.807, 2.05) is 0 Å². The van der Waals surface area contributed by atoms with E-state index in [-0.39, 0.29) is 11.5 Å². The molecular formula is C21H20F6O3.